The number of rotatable bonds is 3. The summed E-state index contributed by atoms with van der Waals surface area (Å²) in [4.78, 5) is 19.3. The van der Waals surface area contributed by atoms with Crippen molar-refractivity contribution in [2.45, 2.75) is 0 Å². The monoisotopic (exact) mass is 281 g/mol. The molecular weight excluding hydrogens is 270 g/mol. The number of nitrogen functional groups attached to an aromatic ring is 1. The predicted molar refractivity (Wildman–Crippen MR) is 77.4 cm³/mol. The van der Waals surface area contributed by atoms with Crippen LogP contribution in [0.3, 0.4) is 0 Å². The Morgan fingerprint density at radius 1 is 1.19 bits per heavy atom. The molecule has 0 saturated heterocycles. The Labute approximate surface area is 119 Å². The molecule has 1 aromatic carbocycles. The summed E-state index contributed by atoms with van der Waals surface area (Å²) >= 11 is 0. The number of anilines is 1. The second-order valence-electron chi connectivity index (χ2n) is 4.39. The summed E-state index contributed by atoms with van der Waals surface area (Å²) in [5.74, 6) is -0.698. The smallest absolute Gasteiger partial charge is 0.341 e. The Balaban J connectivity index is 2.00. The molecule has 0 saturated carbocycles. The quantitative estimate of drug-likeness (QED) is 0.765. The Morgan fingerprint density at radius 2 is 2.05 bits per heavy atom. The lowest BCUT2D eigenvalue weighted by Crippen LogP contribution is -2.03. The molecule has 3 N–H and O–H groups in total. The van der Waals surface area contributed by atoms with Crippen molar-refractivity contribution < 1.29 is 14.6 Å². The van der Waals surface area contributed by atoms with Gasteiger partial charge >= 0.3 is 5.97 Å². The van der Waals surface area contributed by atoms with E-state index in [1.807, 2.05) is 18.2 Å². The van der Waals surface area contributed by atoms with Crippen LogP contribution in [-0.4, -0.2) is 21.0 Å². The molecule has 0 bridgehead atoms. The Bertz CT molecular complexity index is 833. The number of nitrogens with zero attached hydrogens (tertiary/aromatic N) is 2. The first-order valence-corrected chi connectivity index (χ1v) is 6.15. The highest BCUT2D eigenvalue weighted by Crippen LogP contribution is 2.26. The maximum Gasteiger partial charge on any atom is 0.341 e. The van der Waals surface area contributed by atoms with Gasteiger partial charge in [0.15, 0.2) is 0 Å². The third-order valence-electron chi connectivity index (χ3n) is 2.89. The van der Waals surface area contributed by atoms with Gasteiger partial charge in [-0.05, 0) is 24.3 Å². The van der Waals surface area contributed by atoms with Crippen LogP contribution in [0.2, 0.25) is 0 Å². The first-order valence-electron chi connectivity index (χ1n) is 6.15. The van der Waals surface area contributed by atoms with Crippen molar-refractivity contribution in [3.05, 3.63) is 54.4 Å². The Kier molecular flexibility index (Phi) is 3.12. The molecule has 21 heavy (non-hydrogen) atoms. The average Bonchev–Trinajstić information content (AvgIpc) is 2.49. The summed E-state index contributed by atoms with van der Waals surface area (Å²) < 4.78 is 5.55. The van der Waals surface area contributed by atoms with E-state index in [1.54, 1.807) is 18.3 Å². The van der Waals surface area contributed by atoms with Crippen molar-refractivity contribution in [2.75, 3.05) is 5.73 Å². The summed E-state index contributed by atoms with van der Waals surface area (Å²) in [6.07, 6.45) is 3.03. The summed E-state index contributed by atoms with van der Waals surface area (Å²) in [5.41, 5.74) is 6.47. The number of hydrogen-bond donors (Lipinski definition) is 2. The van der Waals surface area contributed by atoms with Gasteiger partial charge in [-0.2, -0.15) is 0 Å². The van der Waals surface area contributed by atoms with E-state index in [-0.39, 0.29) is 17.1 Å². The molecule has 2 aromatic heterocycles. The number of nitrogens with two attached hydrogens (primary N) is 1. The van der Waals surface area contributed by atoms with Gasteiger partial charge in [0.1, 0.15) is 11.3 Å². The number of carbonyl (C=O) groups is 1. The predicted octanol–water partition coefficient (Wildman–Crippen LogP) is 2.70. The van der Waals surface area contributed by atoms with Gasteiger partial charge in [-0.3, -0.25) is 4.98 Å². The fourth-order valence-electron chi connectivity index (χ4n) is 1.92. The molecule has 6 heteroatoms. The molecule has 3 aromatic rings. The number of pyridine rings is 2. The highest BCUT2D eigenvalue weighted by molar-refractivity contribution is 5.91. The molecule has 0 spiro atoms. The van der Waals surface area contributed by atoms with E-state index in [9.17, 15) is 4.79 Å². The van der Waals surface area contributed by atoms with E-state index >= 15 is 0 Å². The zero-order valence-electron chi connectivity index (χ0n) is 10.9. The second kappa shape index (κ2) is 5.09. The molecule has 0 atom stereocenters. The van der Waals surface area contributed by atoms with Gasteiger partial charge in [-0.1, -0.05) is 6.07 Å². The molecular formula is C15H11N3O3. The standard InChI is InChI=1S/C15H11N3O3/c16-10-6-12(15(19)20)14(18-8-10)21-11-4-3-9-2-1-5-17-13(9)7-11/h1-8H,16H2,(H,19,20). The second-order valence-corrected chi connectivity index (χ2v) is 4.39. The highest BCUT2D eigenvalue weighted by Gasteiger charge is 2.14. The van der Waals surface area contributed by atoms with Crippen molar-refractivity contribution in [2.24, 2.45) is 0 Å². The van der Waals surface area contributed by atoms with E-state index in [1.165, 1.54) is 12.3 Å². The van der Waals surface area contributed by atoms with Gasteiger partial charge in [0.25, 0.3) is 0 Å². The minimum atomic E-state index is -1.15. The molecule has 0 aliphatic rings. The van der Waals surface area contributed by atoms with Crippen molar-refractivity contribution in [3.8, 4) is 11.6 Å². The molecule has 3 rings (SSSR count). The third-order valence-corrected chi connectivity index (χ3v) is 2.89. The molecule has 2 heterocycles. The van der Waals surface area contributed by atoms with Crippen LogP contribution in [0.1, 0.15) is 10.4 Å². The number of hydrogen-bond acceptors (Lipinski definition) is 5. The van der Waals surface area contributed by atoms with Gasteiger partial charge in [0.05, 0.1) is 17.4 Å². The number of carboxylic acid groups (broad SMARTS) is 1. The van der Waals surface area contributed by atoms with E-state index in [0.717, 1.165) is 10.9 Å². The molecule has 0 unspecified atom stereocenters. The Hall–Kier alpha value is -3.15. The highest BCUT2D eigenvalue weighted by atomic mass is 16.5. The SMILES string of the molecule is Nc1cnc(Oc2ccc3cccnc3c2)c(C(=O)O)c1. The van der Waals surface area contributed by atoms with Crippen molar-refractivity contribution in [3.63, 3.8) is 0 Å². The maximum absolute atomic E-state index is 11.2. The van der Waals surface area contributed by atoms with Crippen LogP contribution in [-0.2, 0) is 0 Å². The summed E-state index contributed by atoms with van der Waals surface area (Å²) in [6.45, 7) is 0. The molecule has 6 nitrogen and oxygen atoms in total. The van der Waals surface area contributed by atoms with E-state index in [0.29, 0.717) is 5.75 Å². The largest absolute Gasteiger partial charge is 0.477 e. The van der Waals surface area contributed by atoms with Crippen molar-refractivity contribution in [1.82, 2.24) is 9.97 Å². The number of ether oxygens (including phenoxy) is 1. The number of aromatic carboxylic acids is 1. The first kappa shape index (κ1) is 12.9. The zero-order valence-corrected chi connectivity index (χ0v) is 10.9. The van der Waals surface area contributed by atoms with Gasteiger partial charge in [-0.15, -0.1) is 0 Å². The lowest BCUT2D eigenvalue weighted by molar-refractivity contribution is 0.0693. The van der Waals surface area contributed by atoms with Crippen LogP contribution in [0.4, 0.5) is 5.69 Å². The zero-order chi connectivity index (χ0) is 14.8. The summed E-state index contributed by atoms with van der Waals surface area (Å²) in [5, 5.41) is 10.1. The van der Waals surface area contributed by atoms with E-state index in [4.69, 9.17) is 15.6 Å². The van der Waals surface area contributed by atoms with Gasteiger partial charge in [0, 0.05) is 17.6 Å². The fourth-order valence-corrected chi connectivity index (χ4v) is 1.92. The number of fused-ring (bicyclic) bond motifs is 1. The average molecular weight is 281 g/mol. The van der Waals surface area contributed by atoms with Crippen LogP contribution in [0.25, 0.3) is 10.9 Å². The van der Waals surface area contributed by atoms with Crippen LogP contribution < -0.4 is 10.5 Å². The summed E-state index contributed by atoms with van der Waals surface area (Å²) in [7, 11) is 0. The fraction of sp³-hybridized carbons (Fsp3) is 0. The van der Waals surface area contributed by atoms with Gasteiger partial charge in [-0.25, -0.2) is 9.78 Å². The minimum absolute atomic E-state index is 0.00742. The lowest BCUT2D eigenvalue weighted by Gasteiger charge is -2.08. The molecule has 104 valence electrons. The molecule has 0 radical (unpaired) electrons. The molecule has 0 aliphatic carbocycles. The van der Waals surface area contributed by atoms with Crippen molar-refractivity contribution in [1.29, 1.82) is 0 Å². The lowest BCUT2D eigenvalue weighted by atomic mass is 10.2. The minimum Gasteiger partial charge on any atom is -0.477 e. The van der Waals surface area contributed by atoms with Crippen molar-refractivity contribution >= 4 is 22.6 Å². The van der Waals surface area contributed by atoms with E-state index < -0.39 is 5.97 Å². The normalized spacial score (nSPS) is 10.5. The van der Waals surface area contributed by atoms with Crippen LogP contribution in [0.15, 0.2) is 48.8 Å². The number of carboxylic acids is 1. The number of benzene rings is 1. The summed E-state index contributed by atoms with van der Waals surface area (Å²) in [6, 6.07) is 10.4. The van der Waals surface area contributed by atoms with Gasteiger partial charge in [0.2, 0.25) is 5.88 Å². The van der Waals surface area contributed by atoms with Crippen LogP contribution in [0.5, 0.6) is 11.6 Å². The van der Waals surface area contributed by atoms with Gasteiger partial charge < -0.3 is 15.6 Å². The topological polar surface area (TPSA) is 98.3 Å². The molecule has 0 amide bonds. The maximum atomic E-state index is 11.2. The first-order chi connectivity index (χ1) is 10.1. The Morgan fingerprint density at radius 3 is 2.86 bits per heavy atom. The van der Waals surface area contributed by atoms with Crippen LogP contribution >= 0.6 is 0 Å². The van der Waals surface area contributed by atoms with E-state index in [2.05, 4.69) is 9.97 Å². The van der Waals surface area contributed by atoms with Crippen LogP contribution in [0, 0.1) is 0 Å². The number of aromatic nitrogens is 2. The molecule has 0 fully saturated rings. The molecule has 0 aliphatic heterocycles. The third kappa shape index (κ3) is 2.59.